The van der Waals surface area contributed by atoms with Crippen LogP contribution in [0.4, 0.5) is 0 Å². The van der Waals surface area contributed by atoms with Crippen molar-refractivity contribution in [1.29, 1.82) is 0 Å². The fourth-order valence-electron chi connectivity index (χ4n) is 1.15. The predicted molar refractivity (Wildman–Crippen MR) is 49.6 cm³/mol. The summed E-state index contributed by atoms with van der Waals surface area (Å²) in [7, 11) is 2.60. The lowest BCUT2D eigenvalue weighted by Gasteiger charge is -1.94. The van der Waals surface area contributed by atoms with E-state index in [9.17, 15) is 0 Å². The van der Waals surface area contributed by atoms with Gasteiger partial charge in [0, 0.05) is 17.8 Å². The van der Waals surface area contributed by atoms with Gasteiger partial charge in [0.25, 0.3) is 0 Å². The average molecular weight is 164 g/mol. The Bertz CT molecular complexity index is 392. The third-order valence-electron chi connectivity index (χ3n) is 1.69. The van der Waals surface area contributed by atoms with E-state index < -0.39 is 0 Å². The van der Waals surface area contributed by atoms with Crippen LogP contribution in [0.1, 0.15) is 5.56 Å². The van der Waals surface area contributed by atoms with Crippen LogP contribution in [-0.4, -0.2) is 9.32 Å². The van der Waals surface area contributed by atoms with Gasteiger partial charge in [0.05, 0.1) is 0 Å². The SMILES string of the molecule is Cc1cnc2c(ccn2P)c1. The first-order valence-corrected chi connectivity index (χ1v) is 3.98. The van der Waals surface area contributed by atoms with E-state index in [1.54, 1.807) is 0 Å². The number of fused-ring (bicyclic) bond motifs is 1. The standard InChI is InChI=1S/C8H9N2P/c1-6-4-7-2-3-10(11)8(7)9-5-6/h2-5H,11H2,1H3. The summed E-state index contributed by atoms with van der Waals surface area (Å²) in [6.45, 7) is 2.05. The molecular weight excluding hydrogens is 155 g/mol. The maximum Gasteiger partial charge on any atom is 0.142 e. The molecule has 2 nitrogen and oxygen atoms in total. The molecule has 2 rings (SSSR count). The monoisotopic (exact) mass is 164 g/mol. The van der Waals surface area contributed by atoms with Crippen molar-refractivity contribution in [3.8, 4) is 0 Å². The maximum absolute atomic E-state index is 4.28. The number of hydrogen-bond donors (Lipinski definition) is 0. The van der Waals surface area contributed by atoms with Crippen molar-refractivity contribution in [2.45, 2.75) is 6.92 Å². The molecule has 1 atom stereocenters. The van der Waals surface area contributed by atoms with Crippen molar-refractivity contribution in [1.82, 2.24) is 9.32 Å². The minimum Gasteiger partial charge on any atom is -0.317 e. The smallest absolute Gasteiger partial charge is 0.142 e. The molecule has 0 N–H and O–H groups in total. The van der Waals surface area contributed by atoms with E-state index >= 15 is 0 Å². The van der Waals surface area contributed by atoms with E-state index in [1.807, 2.05) is 23.7 Å². The molecule has 0 amide bonds. The van der Waals surface area contributed by atoms with E-state index in [0.29, 0.717) is 0 Å². The number of nitrogens with zero attached hydrogens (tertiary/aromatic N) is 2. The summed E-state index contributed by atoms with van der Waals surface area (Å²) in [5, 5.41) is 1.19. The number of pyridine rings is 1. The molecule has 0 saturated carbocycles. The van der Waals surface area contributed by atoms with Crippen LogP contribution in [0, 0.1) is 6.92 Å². The first-order chi connectivity index (χ1) is 5.27. The lowest BCUT2D eigenvalue weighted by Crippen LogP contribution is -1.81. The molecule has 0 aliphatic heterocycles. The highest BCUT2D eigenvalue weighted by atomic mass is 31.0. The van der Waals surface area contributed by atoms with E-state index in [0.717, 1.165) is 5.65 Å². The molecule has 1 unspecified atom stereocenters. The molecule has 0 radical (unpaired) electrons. The predicted octanol–water partition coefficient (Wildman–Crippen LogP) is 1.98. The number of aryl methyl sites for hydroxylation is 1. The molecular formula is C8H9N2P. The Kier molecular flexibility index (Phi) is 1.43. The Morgan fingerprint density at radius 2 is 2.36 bits per heavy atom. The molecule has 3 heteroatoms. The molecule has 0 bridgehead atoms. The minimum atomic E-state index is 1.01. The van der Waals surface area contributed by atoms with Gasteiger partial charge in [-0.25, -0.2) is 4.98 Å². The molecule has 2 aromatic rings. The number of hydrogen-bond acceptors (Lipinski definition) is 1. The van der Waals surface area contributed by atoms with Crippen LogP contribution in [0.3, 0.4) is 0 Å². The molecule has 0 spiro atoms. The van der Waals surface area contributed by atoms with Crippen molar-refractivity contribution in [3.05, 3.63) is 30.1 Å². The Morgan fingerprint density at radius 3 is 3.18 bits per heavy atom. The molecule has 56 valence electrons. The van der Waals surface area contributed by atoms with Gasteiger partial charge >= 0.3 is 0 Å². The van der Waals surface area contributed by atoms with Gasteiger partial charge in [0.15, 0.2) is 0 Å². The Hall–Kier alpha value is -0.880. The van der Waals surface area contributed by atoms with Crippen molar-refractivity contribution in [2.24, 2.45) is 0 Å². The summed E-state index contributed by atoms with van der Waals surface area (Å²) in [6.07, 6.45) is 3.87. The first-order valence-electron chi connectivity index (χ1n) is 3.46. The molecule has 2 aromatic heterocycles. The van der Waals surface area contributed by atoms with E-state index in [4.69, 9.17) is 0 Å². The van der Waals surface area contributed by atoms with Crippen molar-refractivity contribution in [2.75, 3.05) is 0 Å². The lowest BCUT2D eigenvalue weighted by molar-refractivity contribution is 1.24. The molecule has 0 aromatic carbocycles. The van der Waals surface area contributed by atoms with Crippen molar-refractivity contribution in [3.63, 3.8) is 0 Å². The van der Waals surface area contributed by atoms with Crippen molar-refractivity contribution >= 4 is 20.4 Å². The second-order valence-corrected chi connectivity index (χ2v) is 3.20. The van der Waals surface area contributed by atoms with E-state index in [-0.39, 0.29) is 0 Å². The van der Waals surface area contributed by atoms with Crippen LogP contribution >= 0.6 is 9.39 Å². The van der Waals surface area contributed by atoms with Gasteiger partial charge in [-0.3, -0.25) is 0 Å². The van der Waals surface area contributed by atoms with Crippen molar-refractivity contribution < 1.29 is 0 Å². The summed E-state index contributed by atoms with van der Waals surface area (Å²) in [4.78, 5) is 4.28. The highest BCUT2D eigenvalue weighted by Gasteiger charge is 1.97. The fourth-order valence-corrected chi connectivity index (χ4v) is 1.46. The molecule has 2 heterocycles. The van der Waals surface area contributed by atoms with Crippen LogP contribution in [0.5, 0.6) is 0 Å². The largest absolute Gasteiger partial charge is 0.317 e. The van der Waals surface area contributed by atoms with Gasteiger partial charge in [0.1, 0.15) is 5.65 Å². The maximum atomic E-state index is 4.28. The normalized spacial score (nSPS) is 10.7. The van der Waals surface area contributed by atoms with Gasteiger partial charge in [-0.15, -0.1) is 0 Å². The van der Waals surface area contributed by atoms with Gasteiger partial charge in [-0.2, -0.15) is 0 Å². The summed E-state index contributed by atoms with van der Waals surface area (Å²) in [5.41, 5.74) is 2.22. The minimum absolute atomic E-state index is 1.01. The van der Waals surface area contributed by atoms with Crippen LogP contribution < -0.4 is 0 Å². The zero-order valence-corrected chi connectivity index (χ0v) is 7.44. The topological polar surface area (TPSA) is 17.8 Å². The second-order valence-electron chi connectivity index (χ2n) is 2.65. The van der Waals surface area contributed by atoms with E-state index in [1.165, 1.54) is 10.9 Å². The zero-order chi connectivity index (χ0) is 7.84. The quantitative estimate of drug-likeness (QED) is 0.544. The molecule has 0 aliphatic carbocycles. The third-order valence-corrected chi connectivity index (χ3v) is 2.11. The van der Waals surface area contributed by atoms with E-state index in [2.05, 4.69) is 26.5 Å². The molecule has 0 saturated heterocycles. The average Bonchev–Trinajstić information content (AvgIpc) is 2.32. The van der Waals surface area contributed by atoms with Crippen LogP contribution in [0.15, 0.2) is 24.5 Å². The summed E-state index contributed by atoms with van der Waals surface area (Å²) in [5.74, 6) is 0. The third kappa shape index (κ3) is 1.04. The van der Waals surface area contributed by atoms with Crippen LogP contribution in [0.2, 0.25) is 0 Å². The summed E-state index contributed by atoms with van der Waals surface area (Å²) < 4.78 is 1.94. The van der Waals surface area contributed by atoms with Gasteiger partial charge in [-0.1, -0.05) is 0 Å². The van der Waals surface area contributed by atoms with Gasteiger partial charge in [-0.05, 0) is 34.0 Å². The highest BCUT2D eigenvalue weighted by molar-refractivity contribution is 7.14. The zero-order valence-electron chi connectivity index (χ0n) is 6.28. The fraction of sp³-hybridized carbons (Fsp3) is 0.125. The molecule has 11 heavy (non-hydrogen) atoms. The highest BCUT2D eigenvalue weighted by Crippen LogP contribution is 2.15. The van der Waals surface area contributed by atoms with Gasteiger partial charge in [0.2, 0.25) is 0 Å². The molecule has 0 aliphatic rings. The summed E-state index contributed by atoms with van der Waals surface area (Å²) >= 11 is 0. The van der Waals surface area contributed by atoms with Crippen LogP contribution in [0.25, 0.3) is 11.0 Å². The second kappa shape index (κ2) is 2.31. The number of aromatic nitrogens is 2. The summed E-state index contributed by atoms with van der Waals surface area (Å²) in [6, 6.07) is 4.19. The number of rotatable bonds is 0. The Morgan fingerprint density at radius 1 is 1.55 bits per heavy atom. The lowest BCUT2D eigenvalue weighted by atomic mass is 10.2. The first kappa shape index (κ1) is 6.81. The Labute approximate surface area is 67.5 Å². The molecule has 0 fully saturated rings. The van der Waals surface area contributed by atoms with Gasteiger partial charge < -0.3 is 4.34 Å². The van der Waals surface area contributed by atoms with Crippen LogP contribution in [-0.2, 0) is 0 Å². The Balaban J connectivity index is 2.86.